The average molecular weight is 307 g/mol. The number of rotatable bonds is 7. The summed E-state index contributed by atoms with van der Waals surface area (Å²) in [7, 11) is 0. The fourth-order valence-corrected chi connectivity index (χ4v) is 2.23. The van der Waals surface area contributed by atoms with Gasteiger partial charge in [-0.1, -0.05) is 0 Å². The Morgan fingerprint density at radius 3 is 3.00 bits per heavy atom. The summed E-state index contributed by atoms with van der Waals surface area (Å²) in [6.07, 6.45) is 2.53. The second-order valence-electron chi connectivity index (χ2n) is 3.18. The van der Waals surface area contributed by atoms with E-state index in [-0.39, 0.29) is 12.5 Å². The van der Waals surface area contributed by atoms with Crippen LogP contribution in [0.1, 0.15) is 16.9 Å². The summed E-state index contributed by atoms with van der Waals surface area (Å²) in [4.78, 5) is 14.4. The van der Waals surface area contributed by atoms with Crippen LogP contribution >= 0.6 is 27.7 Å². The van der Waals surface area contributed by atoms with Crippen LogP contribution in [0.4, 0.5) is 0 Å². The van der Waals surface area contributed by atoms with Gasteiger partial charge in [-0.3, -0.25) is 4.79 Å². The van der Waals surface area contributed by atoms with Crippen LogP contribution in [0.15, 0.2) is 16.7 Å². The molecule has 16 heavy (non-hydrogen) atoms. The predicted molar refractivity (Wildman–Crippen MR) is 69.9 cm³/mol. The lowest BCUT2D eigenvalue weighted by atomic mass is 10.4. The van der Waals surface area contributed by atoms with Crippen LogP contribution in [0.25, 0.3) is 0 Å². The van der Waals surface area contributed by atoms with Crippen LogP contribution < -0.4 is 5.32 Å². The molecular formula is C10H15BrN2O2S. The zero-order chi connectivity index (χ0) is 11.8. The van der Waals surface area contributed by atoms with Crippen molar-refractivity contribution in [2.24, 2.45) is 0 Å². The maximum absolute atomic E-state index is 11.5. The molecule has 90 valence electrons. The molecule has 0 spiro atoms. The lowest BCUT2D eigenvalue weighted by Gasteiger charge is -2.03. The Hall–Kier alpha value is -0.460. The fraction of sp³-hybridized carbons (Fsp3) is 0.500. The van der Waals surface area contributed by atoms with E-state index in [1.165, 1.54) is 0 Å². The Balaban J connectivity index is 2.11. The highest BCUT2D eigenvalue weighted by atomic mass is 79.9. The summed E-state index contributed by atoms with van der Waals surface area (Å²) >= 11 is 5.00. The van der Waals surface area contributed by atoms with Gasteiger partial charge in [0.25, 0.3) is 5.91 Å². The first-order valence-electron chi connectivity index (χ1n) is 5.04. The summed E-state index contributed by atoms with van der Waals surface area (Å²) in [5, 5.41) is 11.4. The van der Waals surface area contributed by atoms with Gasteiger partial charge in [0.2, 0.25) is 0 Å². The first-order valence-corrected chi connectivity index (χ1v) is 6.99. The van der Waals surface area contributed by atoms with Crippen LogP contribution in [0.3, 0.4) is 0 Å². The van der Waals surface area contributed by atoms with Crippen molar-refractivity contribution in [2.45, 2.75) is 6.42 Å². The third-order valence-corrected chi connectivity index (χ3v) is 3.40. The predicted octanol–water partition coefficient (Wildman–Crippen LogP) is 1.62. The van der Waals surface area contributed by atoms with Crippen LogP contribution in [0.5, 0.6) is 0 Å². The van der Waals surface area contributed by atoms with E-state index in [4.69, 9.17) is 5.11 Å². The van der Waals surface area contributed by atoms with E-state index in [1.807, 2.05) is 0 Å². The molecule has 6 heteroatoms. The standard InChI is InChI=1S/C10H15BrN2O2S/c11-8-6-9(13-7-8)10(15)12-2-5-16-4-1-3-14/h6-7,13-14H,1-5H2,(H,12,15). The molecule has 0 radical (unpaired) electrons. The van der Waals surface area contributed by atoms with Gasteiger partial charge >= 0.3 is 0 Å². The third kappa shape index (κ3) is 5.05. The van der Waals surface area contributed by atoms with E-state index >= 15 is 0 Å². The second kappa shape index (κ2) is 7.76. The van der Waals surface area contributed by atoms with Crippen LogP contribution in [0, 0.1) is 0 Å². The zero-order valence-electron chi connectivity index (χ0n) is 8.83. The smallest absolute Gasteiger partial charge is 0.267 e. The molecule has 0 unspecified atom stereocenters. The third-order valence-electron chi connectivity index (χ3n) is 1.87. The van der Waals surface area contributed by atoms with Gasteiger partial charge in [-0.2, -0.15) is 11.8 Å². The van der Waals surface area contributed by atoms with Gasteiger partial charge in [0, 0.05) is 29.6 Å². The Kier molecular flexibility index (Phi) is 6.59. The zero-order valence-corrected chi connectivity index (χ0v) is 11.2. The minimum absolute atomic E-state index is 0.0894. The van der Waals surface area contributed by atoms with E-state index < -0.39 is 0 Å². The number of aromatic amines is 1. The highest BCUT2D eigenvalue weighted by Crippen LogP contribution is 2.10. The van der Waals surface area contributed by atoms with E-state index in [0.29, 0.717) is 12.2 Å². The highest BCUT2D eigenvalue weighted by Gasteiger charge is 2.06. The molecule has 1 rings (SSSR count). The number of carbonyl (C=O) groups is 1. The minimum atomic E-state index is -0.0894. The first kappa shape index (κ1) is 13.6. The normalized spacial score (nSPS) is 10.4. The second-order valence-corrected chi connectivity index (χ2v) is 5.32. The average Bonchev–Trinajstić information content (AvgIpc) is 2.70. The number of thioether (sulfide) groups is 1. The van der Waals surface area contributed by atoms with Gasteiger partial charge in [0.15, 0.2) is 0 Å². The monoisotopic (exact) mass is 306 g/mol. The quantitative estimate of drug-likeness (QED) is 0.671. The Morgan fingerprint density at radius 1 is 1.56 bits per heavy atom. The number of aliphatic hydroxyl groups is 1. The van der Waals surface area contributed by atoms with Gasteiger partial charge in [0.1, 0.15) is 5.69 Å². The van der Waals surface area contributed by atoms with Gasteiger partial charge in [0.05, 0.1) is 0 Å². The van der Waals surface area contributed by atoms with Crippen molar-refractivity contribution < 1.29 is 9.90 Å². The van der Waals surface area contributed by atoms with Crippen molar-refractivity contribution in [3.05, 3.63) is 22.4 Å². The molecule has 0 atom stereocenters. The summed E-state index contributed by atoms with van der Waals surface area (Å²) in [5.74, 6) is 1.71. The number of carbonyl (C=O) groups excluding carboxylic acids is 1. The van der Waals surface area contributed by atoms with Crippen LogP contribution in [0.2, 0.25) is 0 Å². The lowest BCUT2D eigenvalue weighted by molar-refractivity contribution is 0.0952. The molecule has 3 N–H and O–H groups in total. The van der Waals surface area contributed by atoms with Crippen molar-refractivity contribution in [2.75, 3.05) is 24.7 Å². The SMILES string of the molecule is O=C(NCCSCCCO)c1cc(Br)c[nH]1. The molecule has 0 aliphatic rings. The number of aromatic nitrogens is 1. The van der Waals surface area contributed by atoms with Crippen molar-refractivity contribution in [3.63, 3.8) is 0 Å². The molecule has 1 amide bonds. The maximum atomic E-state index is 11.5. The number of amides is 1. The lowest BCUT2D eigenvalue weighted by Crippen LogP contribution is -2.26. The van der Waals surface area contributed by atoms with Crippen LogP contribution in [-0.2, 0) is 0 Å². The molecule has 0 aliphatic carbocycles. The molecule has 0 aromatic carbocycles. The molecule has 1 aromatic rings. The first-order chi connectivity index (χ1) is 7.74. The molecule has 0 saturated carbocycles. The van der Waals surface area contributed by atoms with Crippen molar-refractivity contribution in [1.29, 1.82) is 0 Å². The maximum Gasteiger partial charge on any atom is 0.267 e. The fourth-order valence-electron chi connectivity index (χ4n) is 1.10. The number of halogens is 1. The Morgan fingerprint density at radius 2 is 2.38 bits per heavy atom. The van der Waals surface area contributed by atoms with Gasteiger partial charge in [-0.15, -0.1) is 0 Å². The summed E-state index contributed by atoms with van der Waals surface area (Å²) in [5.41, 5.74) is 0.562. The molecule has 0 saturated heterocycles. The molecule has 4 nitrogen and oxygen atoms in total. The van der Waals surface area contributed by atoms with Crippen molar-refractivity contribution >= 4 is 33.6 Å². The number of hydrogen-bond acceptors (Lipinski definition) is 3. The Bertz CT molecular complexity index is 330. The highest BCUT2D eigenvalue weighted by molar-refractivity contribution is 9.10. The van der Waals surface area contributed by atoms with E-state index in [2.05, 4.69) is 26.2 Å². The van der Waals surface area contributed by atoms with E-state index in [1.54, 1.807) is 24.0 Å². The molecule has 1 aromatic heterocycles. The van der Waals surface area contributed by atoms with E-state index in [9.17, 15) is 4.79 Å². The molecule has 0 bridgehead atoms. The summed E-state index contributed by atoms with van der Waals surface area (Å²) < 4.78 is 0.870. The van der Waals surface area contributed by atoms with Gasteiger partial charge in [-0.25, -0.2) is 0 Å². The van der Waals surface area contributed by atoms with Gasteiger partial charge < -0.3 is 15.4 Å². The van der Waals surface area contributed by atoms with Gasteiger partial charge in [-0.05, 0) is 34.2 Å². The molecule has 0 aliphatic heterocycles. The molecule has 1 heterocycles. The number of nitrogens with one attached hydrogen (secondary N) is 2. The number of aliphatic hydroxyl groups excluding tert-OH is 1. The summed E-state index contributed by atoms with van der Waals surface area (Å²) in [6.45, 7) is 0.876. The number of H-pyrrole nitrogens is 1. The van der Waals surface area contributed by atoms with Crippen molar-refractivity contribution in [3.8, 4) is 0 Å². The van der Waals surface area contributed by atoms with E-state index in [0.717, 1.165) is 22.4 Å². The number of hydrogen-bond donors (Lipinski definition) is 3. The van der Waals surface area contributed by atoms with Crippen molar-refractivity contribution in [1.82, 2.24) is 10.3 Å². The largest absolute Gasteiger partial charge is 0.396 e. The topological polar surface area (TPSA) is 65.1 Å². The summed E-state index contributed by atoms with van der Waals surface area (Å²) in [6, 6.07) is 1.74. The molecule has 0 fully saturated rings. The van der Waals surface area contributed by atoms with Crippen LogP contribution in [-0.4, -0.2) is 40.7 Å². The molecular weight excluding hydrogens is 292 g/mol. The Labute approximate surface area is 107 Å². The minimum Gasteiger partial charge on any atom is -0.396 e.